The number of hydrogen-bond acceptors (Lipinski definition) is 3. The zero-order valence-electron chi connectivity index (χ0n) is 17.2. The molecule has 0 saturated carbocycles. The molecule has 156 valence electrons. The van der Waals surface area contributed by atoms with Gasteiger partial charge in [-0.3, -0.25) is 14.5 Å². The average molecular weight is 431 g/mol. The number of nitrogens with zero attached hydrogens (tertiary/aromatic N) is 2. The molecule has 2 heterocycles. The molecule has 0 N–H and O–H groups in total. The Morgan fingerprint density at radius 1 is 0.871 bits per heavy atom. The summed E-state index contributed by atoms with van der Waals surface area (Å²) in [5.41, 5.74) is 4.16. The lowest BCUT2D eigenvalue weighted by molar-refractivity contribution is 0.0618. The molecule has 3 aromatic carbocycles. The van der Waals surface area contributed by atoms with Gasteiger partial charge in [-0.25, -0.2) is 8.51 Å². The van der Waals surface area contributed by atoms with Crippen molar-refractivity contribution in [2.24, 2.45) is 0 Å². The van der Waals surface area contributed by atoms with Crippen molar-refractivity contribution in [1.29, 1.82) is 0 Å². The van der Waals surface area contributed by atoms with E-state index in [9.17, 15) is 13.8 Å². The average Bonchev–Trinajstić information content (AvgIpc) is 3.04. The van der Waals surface area contributed by atoms with Crippen molar-refractivity contribution in [2.45, 2.75) is 24.3 Å². The summed E-state index contributed by atoms with van der Waals surface area (Å²) in [4.78, 5) is 28.0. The number of amides is 2. The zero-order chi connectivity index (χ0) is 21.5. The first-order valence-electron chi connectivity index (χ1n) is 10.3. The van der Waals surface area contributed by atoms with E-state index in [0.29, 0.717) is 17.7 Å². The molecule has 6 heteroatoms. The fourth-order valence-corrected chi connectivity index (χ4v) is 5.69. The zero-order valence-corrected chi connectivity index (χ0v) is 18.0. The molecule has 0 unspecified atom stereocenters. The predicted molar refractivity (Wildman–Crippen MR) is 119 cm³/mol. The van der Waals surface area contributed by atoms with Crippen LogP contribution in [0.2, 0.25) is 0 Å². The monoisotopic (exact) mass is 430 g/mol. The van der Waals surface area contributed by atoms with Crippen LogP contribution in [0.4, 0.5) is 0 Å². The fraction of sp³-hybridized carbons (Fsp3) is 0.200. The molecule has 2 aliphatic rings. The van der Waals surface area contributed by atoms with Gasteiger partial charge in [0.1, 0.15) is 11.0 Å². The van der Waals surface area contributed by atoms with Crippen LogP contribution in [-0.2, 0) is 17.4 Å². The number of hydrogen-bond donors (Lipinski definition) is 0. The van der Waals surface area contributed by atoms with E-state index in [2.05, 4.69) is 6.07 Å². The van der Waals surface area contributed by atoms with E-state index in [-0.39, 0.29) is 24.4 Å². The molecule has 2 atom stereocenters. The molecule has 5 rings (SSSR count). The van der Waals surface area contributed by atoms with Gasteiger partial charge in [-0.1, -0.05) is 54.1 Å². The van der Waals surface area contributed by atoms with E-state index in [4.69, 9.17) is 0 Å². The minimum atomic E-state index is -1.40. The van der Waals surface area contributed by atoms with Gasteiger partial charge in [-0.05, 0) is 48.7 Å². The van der Waals surface area contributed by atoms with Crippen LogP contribution in [0.3, 0.4) is 0 Å². The van der Waals surface area contributed by atoms with Gasteiger partial charge in [0, 0.05) is 6.54 Å². The van der Waals surface area contributed by atoms with Crippen molar-refractivity contribution in [1.82, 2.24) is 9.21 Å². The lowest BCUT2D eigenvalue weighted by Crippen LogP contribution is -2.44. The molecule has 0 aliphatic carbocycles. The van der Waals surface area contributed by atoms with Crippen LogP contribution in [0, 0.1) is 6.92 Å². The second-order valence-electron chi connectivity index (χ2n) is 7.93. The second-order valence-corrected chi connectivity index (χ2v) is 9.37. The summed E-state index contributed by atoms with van der Waals surface area (Å²) in [6.07, 6.45) is 0.770. The highest BCUT2D eigenvalue weighted by atomic mass is 32.2. The highest BCUT2D eigenvalue weighted by Crippen LogP contribution is 2.35. The highest BCUT2D eigenvalue weighted by Gasteiger charge is 2.40. The first-order chi connectivity index (χ1) is 15.0. The van der Waals surface area contributed by atoms with Gasteiger partial charge < -0.3 is 0 Å². The Labute approximate surface area is 183 Å². The maximum Gasteiger partial charge on any atom is 0.261 e. The third kappa shape index (κ3) is 3.42. The quantitative estimate of drug-likeness (QED) is 0.590. The van der Waals surface area contributed by atoms with Crippen molar-refractivity contribution in [3.63, 3.8) is 0 Å². The lowest BCUT2D eigenvalue weighted by atomic mass is 9.94. The molecule has 2 aliphatic heterocycles. The number of imide groups is 1. The maximum absolute atomic E-state index is 13.5. The molecule has 3 aromatic rings. The number of benzene rings is 3. The van der Waals surface area contributed by atoms with Crippen LogP contribution in [0.15, 0.2) is 77.7 Å². The Morgan fingerprint density at radius 3 is 2.16 bits per heavy atom. The van der Waals surface area contributed by atoms with Crippen LogP contribution >= 0.6 is 0 Å². The van der Waals surface area contributed by atoms with Gasteiger partial charge in [0.15, 0.2) is 0 Å². The smallest absolute Gasteiger partial charge is 0.261 e. The van der Waals surface area contributed by atoms with Crippen LogP contribution in [0.25, 0.3) is 0 Å². The van der Waals surface area contributed by atoms with Crippen molar-refractivity contribution >= 4 is 22.8 Å². The van der Waals surface area contributed by atoms with E-state index in [1.807, 2.05) is 53.7 Å². The Balaban J connectivity index is 1.51. The summed E-state index contributed by atoms with van der Waals surface area (Å²) in [6, 6.07) is 22.2. The third-order valence-corrected chi connectivity index (χ3v) is 7.57. The fourth-order valence-electron chi connectivity index (χ4n) is 4.38. The van der Waals surface area contributed by atoms with E-state index >= 15 is 0 Å². The van der Waals surface area contributed by atoms with Gasteiger partial charge in [0.2, 0.25) is 0 Å². The van der Waals surface area contributed by atoms with E-state index in [1.54, 1.807) is 24.3 Å². The van der Waals surface area contributed by atoms with Gasteiger partial charge in [-0.15, -0.1) is 0 Å². The number of fused-ring (bicyclic) bond motifs is 2. The predicted octanol–water partition coefficient (Wildman–Crippen LogP) is 3.91. The normalized spacial score (nSPS) is 19.3. The van der Waals surface area contributed by atoms with E-state index < -0.39 is 11.0 Å². The summed E-state index contributed by atoms with van der Waals surface area (Å²) >= 11 is 0. The maximum atomic E-state index is 13.5. The molecule has 2 amide bonds. The molecule has 0 aromatic heterocycles. The molecule has 31 heavy (non-hydrogen) atoms. The third-order valence-electron chi connectivity index (χ3n) is 6.03. The van der Waals surface area contributed by atoms with Gasteiger partial charge in [-0.2, -0.15) is 0 Å². The number of rotatable bonds is 4. The Morgan fingerprint density at radius 2 is 1.48 bits per heavy atom. The first kappa shape index (κ1) is 19.8. The van der Waals surface area contributed by atoms with Gasteiger partial charge in [0.25, 0.3) is 11.8 Å². The minimum absolute atomic E-state index is 0.168. The molecular formula is C25H22N2O3S. The molecule has 0 fully saturated rings. The Hall–Kier alpha value is -3.09. The van der Waals surface area contributed by atoms with E-state index in [1.165, 1.54) is 10.5 Å². The van der Waals surface area contributed by atoms with Crippen LogP contribution in [0.1, 0.15) is 43.4 Å². The Kier molecular flexibility index (Phi) is 5.04. The lowest BCUT2D eigenvalue weighted by Gasteiger charge is -2.37. The molecule has 0 spiro atoms. The van der Waals surface area contributed by atoms with Crippen molar-refractivity contribution in [3.8, 4) is 0 Å². The van der Waals surface area contributed by atoms with Crippen molar-refractivity contribution < 1.29 is 13.8 Å². The largest absolute Gasteiger partial charge is 0.272 e. The summed E-state index contributed by atoms with van der Waals surface area (Å²) < 4.78 is 15.4. The standard InChI is InChI=1S/C25H22N2O3S/c1-17-10-12-19(13-11-17)31(30)27-15-14-18-6-2-3-7-20(18)23(27)16-26-24(28)21-8-4-5-9-22(21)25(26)29/h2-13,23H,14-16H2,1H3/t23-,31-/m0/s1. The molecule has 0 radical (unpaired) electrons. The molecule has 5 nitrogen and oxygen atoms in total. The minimum Gasteiger partial charge on any atom is -0.272 e. The summed E-state index contributed by atoms with van der Waals surface area (Å²) in [5.74, 6) is -0.575. The number of carbonyl (C=O) groups excluding carboxylic acids is 2. The number of carbonyl (C=O) groups is 2. The Bertz CT molecular complexity index is 1170. The molecule has 0 bridgehead atoms. The van der Waals surface area contributed by atoms with Gasteiger partial charge >= 0.3 is 0 Å². The van der Waals surface area contributed by atoms with Crippen molar-refractivity contribution in [2.75, 3.05) is 13.1 Å². The topological polar surface area (TPSA) is 57.7 Å². The van der Waals surface area contributed by atoms with Crippen LogP contribution in [0.5, 0.6) is 0 Å². The summed E-state index contributed by atoms with van der Waals surface area (Å²) in [5, 5.41) is 0. The SMILES string of the molecule is Cc1ccc([S@](=O)N2CCc3ccccc3[C@@H]2CN2C(=O)c3ccccc3C2=O)cc1. The van der Waals surface area contributed by atoms with E-state index in [0.717, 1.165) is 22.4 Å². The number of aryl methyl sites for hydroxylation is 1. The van der Waals surface area contributed by atoms with Gasteiger partial charge in [0.05, 0.1) is 28.6 Å². The second kappa shape index (κ2) is 7.87. The summed E-state index contributed by atoms with van der Waals surface area (Å²) in [7, 11) is -1.40. The van der Waals surface area contributed by atoms with Crippen LogP contribution in [-0.4, -0.2) is 38.3 Å². The van der Waals surface area contributed by atoms with Crippen molar-refractivity contribution in [3.05, 3.63) is 101 Å². The molecule has 0 saturated heterocycles. The summed E-state index contributed by atoms with van der Waals surface area (Å²) in [6.45, 7) is 2.75. The molecular weight excluding hydrogens is 408 g/mol. The first-order valence-corrected chi connectivity index (χ1v) is 11.4. The van der Waals surface area contributed by atoms with Crippen LogP contribution < -0.4 is 0 Å². The highest BCUT2D eigenvalue weighted by molar-refractivity contribution is 7.82.